The Hall–Kier alpha value is -2.64. The molecule has 0 radical (unpaired) electrons. The van der Waals surface area contributed by atoms with Gasteiger partial charge in [-0.1, -0.05) is 12.1 Å². The maximum absolute atomic E-state index is 11.9. The Bertz CT molecular complexity index is 531. The first-order valence-corrected chi connectivity index (χ1v) is 6.31. The summed E-state index contributed by atoms with van der Waals surface area (Å²) in [7, 11) is 0. The second-order valence-electron chi connectivity index (χ2n) is 4.13. The van der Waals surface area contributed by atoms with Gasteiger partial charge in [0.2, 0.25) is 0 Å². The molecular weight excluding hydrogens is 280 g/mol. The molecule has 0 heterocycles. The van der Waals surface area contributed by atoms with E-state index in [2.05, 4.69) is 0 Å². The molecule has 0 spiro atoms. The van der Waals surface area contributed by atoms with E-state index in [9.17, 15) is 19.7 Å². The van der Waals surface area contributed by atoms with Crippen LogP contribution in [0.3, 0.4) is 0 Å². The number of nitrogens with zero attached hydrogens (tertiary/aromatic N) is 2. The number of likely N-dealkylation sites (N-methyl/N-ethyl adjacent to an activating group) is 1. The van der Waals surface area contributed by atoms with Gasteiger partial charge in [-0.2, -0.15) is 0 Å². The summed E-state index contributed by atoms with van der Waals surface area (Å²) in [4.78, 5) is 33.9. The summed E-state index contributed by atoms with van der Waals surface area (Å²) in [5, 5.41) is 19.4. The zero-order chi connectivity index (χ0) is 15.8. The van der Waals surface area contributed by atoms with Crippen LogP contribution in [-0.2, 0) is 9.59 Å². The Morgan fingerprint density at radius 1 is 1.38 bits per heavy atom. The number of para-hydroxylation sites is 2. The third-order valence-electron chi connectivity index (χ3n) is 2.74. The molecule has 8 nitrogen and oxygen atoms in total. The van der Waals surface area contributed by atoms with Crippen LogP contribution in [0.2, 0.25) is 0 Å². The van der Waals surface area contributed by atoms with Crippen molar-refractivity contribution >= 4 is 17.6 Å². The van der Waals surface area contributed by atoms with E-state index in [1.165, 1.54) is 23.1 Å². The van der Waals surface area contributed by atoms with Crippen LogP contribution in [0.4, 0.5) is 5.69 Å². The number of rotatable bonds is 8. The SMILES string of the molecule is CCN(CCC(=O)O)C(=O)COc1ccccc1[N+](=O)[O-]. The second kappa shape index (κ2) is 7.83. The lowest BCUT2D eigenvalue weighted by Crippen LogP contribution is -2.36. The number of benzene rings is 1. The molecule has 114 valence electrons. The molecule has 1 N–H and O–H groups in total. The molecule has 0 fully saturated rings. The molecule has 0 aromatic heterocycles. The van der Waals surface area contributed by atoms with Crippen LogP contribution in [0.25, 0.3) is 0 Å². The summed E-state index contributed by atoms with van der Waals surface area (Å²) in [5.41, 5.74) is -0.223. The van der Waals surface area contributed by atoms with Gasteiger partial charge < -0.3 is 14.7 Å². The number of carboxylic acid groups (broad SMARTS) is 1. The van der Waals surface area contributed by atoms with Gasteiger partial charge in [-0.25, -0.2) is 0 Å². The van der Waals surface area contributed by atoms with Gasteiger partial charge in [-0.3, -0.25) is 19.7 Å². The molecule has 1 aromatic rings. The van der Waals surface area contributed by atoms with E-state index in [1.807, 2.05) is 0 Å². The maximum Gasteiger partial charge on any atom is 0.310 e. The van der Waals surface area contributed by atoms with Crippen molar-refractivity contribution in [2.75, 3.05) is 19.7 Å². The van der Waals surface area contributed by atoms with E-state index in [4.69, 9.17) is 9.84 Å². The third-order valence-corrected chi connectivity index (χ3v) is 2.74. The minimum atomic E-state index is -0.999. The van der Waals surface area contributed by atoms with Gasteiger partial charge in [-0.15, -0.1) is 0 Å². The zero-order valence-corrected chi connectivity index (χ0v) is 11.5. The van der Waals surface area contributed by atoms with Crippen molar-refractivity contribution in [1.29, 1.82) is 0 Å². The molecule has 21 heavy (non-hydrogen) atoms. The highest BCUT2D eigenvalue weighted by molar-refractivity contribution is 5.78. The number of hydrogen-bond acceptors (Lipinski definition) is 5. The number of amides is 1. The number of carbonyl (C=O) groups is 2. The van der Waals surface area contributed by atoms with Gasteiger partial charge in [0.25, 0.3) is 5.91 Å². The van der Waals surface area contributed by atoms with Crippen molar-refractivity contribution in [3.63, 3.8) is 0 Å². The first-order chi connectivity index (χ1) is 9.95. The van der Waals surface area contributed by atoms with Crippen molar-refractivity contribution in [1.82, 2.24) is 4.90 Å². The van der Waals surface area contributed by atoms with Crippen molar-refractivity contribution in [3.8, 4) is 5.75 Å². The minimum absolute atomic E-state index is 0.00476. The van der Waals surface area contributed by atoms with Crippen LogP contribution >= 0.6 is 0 Å². The molecule has 0 atom stereocenters. The van der Waals surface area contributed by atoms with Gasteiger partial charge in [0.1, 0.15) is 0 Å². The van der Waals surface area contributed by atoms with Gasteiger partial charge in [0.05, 0.1) is 11.3 Å². The zero-order valence-electron chi connectivity index (χ0n) is 11.5. The normalized spacial score (nSPS) is 9.95. The van der Waals surface area contributed by atoms with E-state index in [-0.39, 0.29) is 31.0 Å². The van der Waals surface area contributed by atoms with Crippen molar-refractivity contribution in [3.05, 3.63) is 34.4 Å². The monoisotopic (exact) mass is 296 g/mol. The fourth-order valence-corrected chi connectivity index (χ4v) is 1.65. The molecule has 0 unspecified atom stereocenters. The highest BCUT2D eigenvalue weighted by Gasteiger charge is 2.17. The summed E-state index contributed by atoms with van der Waals surface area (Å²) in [6.45, 7) is 1.75. The number of carboxylic acids is 1. The van der Waals surface area contributed by atoms with E-state index in [1.54, 1.807) is 13.0 Å². The number of nitro benzene ring substituents is 1. The summed E-state index contributed by atoms with van der Waals surface area (Å²) in [6, 6.07) is 5.74. The molecular formula is C13H16N2O6. The fourth-order valence-electron chi connectivity index (χ4n) is 1.65. The van der Waals surface area contributed by atoms with Crippen molar-refractivity contribution in [2.45, 2.75) is 13.3 Å². The highest BCUT2D eigenvalue weighted by Crippen LogP contribution is 2.25. The number of carbonyl (C=O) groups excluding carboxylic acids is 1. The Morgan fingerprint density at radius 2 is 2.05 bits per heavy atom. The van der Waals surface area contributed by atoms with Crippen LogP contribution in [0.15, 0.2) is 24.3 Å². The van der Waals surface area contributed by atoms with E-state index in [0.717, 1.165) is 0 Å². The van der Waals surface area contributed by atoms with Crippen molar-refractivity contribution in [2.24, 2.45) is 0 Å². The van der Waals surface area contributed by atoms with E-state index >= 15 is 0 Å². The number of nitro groups is 1. The average molecular weight is 296 g/mol. The molecule has 0 saturated heterocycles. The predicted octanol–water partition coefficient (Wildman–Crippen LogP) is 1.30. The van der Waals surface area contributed by atoms with Gasteiger partial charge in [-0.05, 0) is 13.0 Å². The summed E-state index contributed by atoms with van der Waals surface area (Å²) >= 11 is 0. The first-order valence-electron chi connectivity index (χ1n) is 6.31. The summed E-state index contributed by atoms with van der Waals surface area (Å²) in [5.74, 6) is -1.41. The highest BCUT2D eigenvalue weighted by atomic mass is 16.6. The molecule has 1 amide bonds. The quantitative estimate of drug-likeness (QED) is 0.572. The molecule has 1 aromatic carbocycles. The molecule has 8 heteroatoms. The number of ether oxygens (including phenoxy) is 1. The maximum atomic E-state index is 11.9. The molecule has 0 aliphatic rings. The lowest BCUT2D eigenvalue weighted by atomic mass is 10.3. The Kier molecular flexibility index (Phi) is 6.12. The average Bonchev–Trinajstić information content (AvgIpc) is 2.45. The minimum Gasteiger partial charge on any atom is -0.481 e. The van der Waals surface area contributed by atoms with E-state index in [0.29, 0.717) is 6.54 Å². The lowest BCUT2D eigenvalue weighted by Gasteiger charge is -2.19. The largest absolute Gasteiger partial charge is 0.481 e. The Morgan fingerprint density at radius 3 is 2.62 bits per heavy atom. The molecule has 0 saturated carbocycles. The first kappa shape index (κ1) is 16.4. The standard InChI is InChI=1S/C13H16N2O6/c1-2-14(8-7-13(17)18)12(16)9-21-11-6-4-3-5-10(11)15(19)20/h3-6H,2,7-9H2,1H3,(H,17,18). The van der Waals surface area contributed by atoms with Gasteiger partial charge in [0, 0.05) is 19.2 Å². The molecule has 0 aliphatic carbocycles. The third kappa shape index (κ3) is 5.09. The van der Waals surface area contributed by atoms with Crippen LogP contribution in [0.5, 0.6) is 5.75 Å². The van der Waals surface area contributed by atoms with Crippen LogP contribution in [0, 0.1) is 10.1 Å². The number of hydrogen-bond donors (Lipinski definition) is 1. The van der Waals surface area contributed by atoms with Gasteiger partial charge >= 0.3 is 11.7 Å². The van der Waals surface area contributed by atoms with Crippen molar-refractivity contribution < 1.29 is 24.4 Å². The molecule has 0 aliphatic heterocycles. The predicted molar refractivity (Wildman–Crippen MR) is 73.1 cm³/mol. The second-order valence-corrected chi connectivity index (χ2v) is 4.13. The summed E-state index contributed by atoms with van der Waals surface area (Å²) < 4.78 is 5.17. The van der Waals surface area contributed by atoms with Gasteiger partial charge in [0.15, 0.2) is 12.4 Å². The van der Waals surface area contributed by atoms with Crippen LogP contribution < -0.4 is 4.74 Å². The van der Waals surface area contributed by atoms with Crippen LogP contribution in [-0.4, -0.2) is 46.5 Å². The Labute approximate surface area is 121 Å². The number of aliphatic carboxylic acids is 1. The summed E-state index contributed by atoms with van der Waals surface area (Å²) in [6.07, 6.45) is -0.162. The Balaban J connectivity index is 2.63. The van der Waals surface area contributed by atoms with Crippen LogP contribution in [0.1, 0.15) is 13.3 Å². The fraction of sp³-hybridized carbons (Fsp3) is 0.385. The molecule has 1 rings (SSSR count). The molecule has 0 bridgehead atoms. The lowest BCUT2D eigenvalue weighted by molar-refractivity contribution is -0.385. The van der Waals surface area contributed by atoms with E-state index < -0.39 is 16.8 Å². The topological polar surface area (TPSA) is 110 Å². The smallest absolute Gasteiger partial charge is 0.310 e.